The molecule has 0 aromatic heterocycles. The fraction of sp³-hybridized carbons (Fsp3) is 0.579. The molecule has 1 heterocycles. The molecule has 25 heavy (non-hydrogen) atoms. The molecule has 2 N–H and O–H groups in total. The van der Waals surface area contributed by atoms with Crippen LogP contribution in [0, 0.1) is 6.92 Å². The van der Waals surface area contributed by atoms with Crippen LogP contribution in [0.1, 0.15) is 37.8 Å². The van der Waals surface area contributed by atoms with Crippen LogP contribution in [-0.4, -0.2) is 56.2 Å². The minimum atomic E-state index is -0.257. The number of benzene rings is 1. The summed E-state index contributed by atoms with van der Waals surface area (Å²) in [6.45, 7) is 11.7. The molecular weight excluding hydrogens is 318 g/mol. The Morgan fingerprint density at radius 2 is 1.96 bits per heavy atom. The largest absolute Gasteiger partial charge is 0.450 e. The molecule has 0 aliphatic carbocycles. The van der Waals surface area contributed by atoms with Crippen molar-refractivity contribution in [2.75, 3.05) is 44.6 Å². The van der Waals surface area contributed by atoms with Crippen LogP contribution in [0.15, 0.2) is 18.2 Å². The Kier molecular flexibility index (Phi) is 6.82. The number of aryl methyl sites for hydroxylation is 1. The fourth-order valence-corrected chi connectivity index (χ4v) is 3.15. The van der Waals surface area contributed by atoms with Crippen LogP contribution in [-0.2, 0) is 9.53 Å². The highest BCUT2D eigenvalue weighted by atomic mass is 16.6. The van der Waals surface area contributed by atoms with Gasteiger partial charge < -0.3 is 15.0 Å². The first-order valence-corrected chi connectivity index (χ1v) is 9.07. The van der Waals surface area contributed by atoms with E-state index in [9.17, 15) is 9.59 Å². The van der Waals surface area contributed by atoms with Gasteiger partial charge in [0.15, 0.2) is 6.54 Å². The summed E-state index contributed by atoms with van der Waals surface area (Å²) in [5, 5.41) is 3.10. The minimum absolute atomic E-state index is 0.0239. The van der Waals surface area contributed by atoms with E-state index < -0.39 is 0 Å². The predicted molar refractivity (Wildman–Crippen MR) is 98.1 cm³/mol. The van der Waals surface area contributed by atoms with E-state index in [1.54, 1.807) is 11.8 Å². The predicted octanol–water partition coefficient (Wildman–Crippen LogP) is 1.41. The van der Waals surface area contributed by atoms with Crippen molar-refractivity contribution >= 4 is 17.7 Å². The van der Waals surface area contributed by atoms with E-state index in [0.29, 0.717) is 32.2 Å². The number of carbonyl (C=O) groups excluding carboxylic acids is 2. The van der Waals surface area contributed by atoms with Gasteiger partial charge in [0.05, 0.1) is 32.8 Å². The molecule has 6 nitrogen and oxygen atoms in total. The molecule has 1 aromatic rings. The SMILES string of the molecule is CCOC(=O)N1CC[NH+](CC(=O)Nc2c(C)cccc2C(C)C)CC1. The van der Waals surface area contributed by atoms with Crippen molar-refractivity contribution in [3.8, 4) is 0 Å². The first-order valence-electron chi connectivity index (χ1n) is 9.07. The van der Waals surface area contributed by atoms with Gasteiger partial charge in [-0.15, -0.1) is 0 Å². The van der Waals surface area contributed by atoms with E-state index in [0.717, 1.165) is 29.9 Å². The number of piperazine rings is 1. The Morgan fingerprint density at radius 1 is 1.28 bits per heavy atom. The summed E-state index contributed by atoms with van der Waals surface area (Å²) in [4.78, 5) is 27.1. The van der Waals surface area contributed by atoms with Crippen LogP contribution in [0.3, 0.4) is 0 Å². The molecule has 0 saturated carbocycles. The zero-order valence-electron chi connectivity index (χ0n) is 15.7. The molecule has 2 amide bonds. The smallest absolute Gasteiger partial charge is 0.410 e. The van der Waals surface area contributed by atoms with Gasteiger partial charge >= 0.3 is 6.09 Å². The number of anilines is 1. The number of amides is 2. The third-order valence-corrected chi connectivity index (χ3v) is 4.60. The van der Waals surface area contributed by atoms with Crippen LogP contribution in [0.2, 0.25) is 0 Å². The number of quaternary nitrogens is 1. The quantitative estimate of drug-likeness (QED) is 0.846. The molecule has 2 rings (SSSR count). The molecule has 0 bridgehead atoms. The van der Waals surface area contributed by atoms with Gasteiger partial charge in [0.1, 0.15) is 0 Å². The van der Waals surface area contributed by atoms with Gasteiger partial charge in [0.25, 0.3) is 5.91 Å². The highest BCUT2D eigenvalue weighted by Gasteiger charge is 2.26. The summed E-state index contributed by atoms with van der Waals surface area (Å²) in [5.41, 5.74) is 3.18. The Hall–Kier alpha value is -2.08. The van der Waals surface area contributed by atoms with Gasteiger partial charge in [-0.25, -0.2) is 4.79 Å². The second-order valence-corrected chi connectivity index (χ2v) is 6.85. The molecule has 1 aliphatic heterocycles. The van der Waals surface area contributed by atoms with E-state index in [1.165, 1.54) is 4.90 Å². The van der Waals surface area contributed by atoms with Crippen molar-refractivity contribution in [1.29, 1.82) is 0 Å². The normalized spacial score (nSPS) is 15.3. The molecule has 1 aliphatic rings. The van der Waals surface area contributed by atoms with E-state index in [2.05, 4.69) is 25.2 Å². The number of hydrogen-bond donors (Lipinski definition) is 2. The molecule has 1 aromatic carbocycles. The number of nitrogens with zero attached hydrogens (tertiary/aromatic N) is 1. The van der Waals surface area contributed by atoms with Crippen molar-refractivity contribution in [3.63, 3.8) is 0 Å². The van der Waals surface area contributed by atoms with E-state index in [1.807, 2.05) is 19.1 Å². The molecule has 0 spiro atoms. The Morgan fingerprint density at radius 3 is 2.56 bits per heavy atom. The monoisotopic (exact) mass is 348 g/mol. The summed E-state index contributed by atoms with van der Waals surface area (Å²) >= 11 is 0. The number of para-hydroxylation sites is 1. The van der Waals surface area contributed by atoms with Gasteiger partial charge in [0, 0.05) is 5.69 Å². The lowest BCUT2D eigenvalue weighted by Crippen LogP contribution is -3.15. The number of nitrogens with one attached hydrogen (secondary N) is 2. The van der Waals surface area contributed by atoms with Gasteiger partial charge in [-0.3, -0.25) is 9.69 Å². The van der Waals surface area contributed by atoms with E-state index >= 15 is 0 Å². The van der Waals surface area contributed by atoms with Crippen molar-refractivity contribution in [3.05, 3.63) is 29.3 Å². The zero-order valence-corrected chi connectivity index (χ0v) is 15.7. The fourth-order valence-electron chi connectivity index (χ4n) is 3.15. The van der Waals surface area contributed by atoms with Crippen LogP contribution < -0.4 is 10.2 Å². The van der Waals surface area contributed by atoms with Crippen LogP contribution in [0.5, 0.6) is 0 Å². The van der Waals surface area contributed by atoms with Gasteiger partial charge in [-0.1, -0.05) is 32.0 Å². The van der Waals surface area contributed by atoms with E-state index in [-0.39, 0.29) is 12.0 Å². The highest BCUT2D eigenvalue weighted by molar-refractivity contribution is 5.93. The summed E-state index contributed by atoms with van der Waals surface area (Å²) in [5.74, 6) is 0.381. The molecule has 138 valence electrons. The lowest BCUT2D eigenvalue weighted by molar-refractivity contribution is -0.895. The number of ether oxygens (including phenoxy) is 1. The molecule has 0 radical (unpaired) electrons. The first-order chi connectivity index (χ1) is 11.9. The maximum atomic E-state index is 12.5. The first kappa shape index (κ1) is 19.2. The maximum absolute atomic E-state index is 12.5. The second-order valence-electron chi connectivity index (χ2n) is 6.85. The average Bonchev–Trinajstić information content (AvgIpc) is 2.57. The summed E-state index contributed by atoms with van der Waals surface area (Å²) in [7, 11) is 0. The van der Waals surface area contributed by atoms with Crippen molar-refractivity contribution < 1.29 is 19.2 Å². The maximum Gasteiger partial charge on any atom is 0.410 e. The highest BCUT2D eigenvalue weighted by Crippen LogP contribution is 2.27. The Bertz CT molecular complexity index is 608. The van der Waals surface area contributed by atoms with Crippen LogP contribution in [0.4, 0.5) is 10.5 Å². The molecule has 0 unspecified atom stereocenters. The standard InChI is InChI=1S/C19H29N3O3/c1-5-25-19(24)22-11-9-21(10-12-22)13-17(23)20-18-15(4)7-6-8-16(18)14(2)3/h6-8,14H,5,9-13H2,1-4H3,(H,20,23)/p+1. The number of rotatable bonds is 5. The van der Waals surface area contributed by atoms with Crippen molar-refractivity contribution in [1.82, 2.24) is 4.90 Å². The van der Waals surface area contributed by atoms with Crippen molar-refractivity contribution in [2.24, 2.45) is 0 Å². The summed E-state index contributed by atoms with van der Waals surface area (Å²) < 4.78 is 5.02. The minimum Gasteiger partial charge on any atom is -0.450 e. The lowest BCUT2D eigenvalue weighted by atomic mass is 9.98. The molecule has 1 saturated heterocycles. The Labute approximate surface area is 150 Å². The topological polar surface area (TPSA) is 63.1 Å². The van der Waals surface area contributed by atoms with Gasteiger partial charge in [-0.05, 0) is 30.9 Å². The van der Waals surface area contributed by atoms with Crippen LogP contribution in [0.25, 0.3) is 0 Å². The average molecular weight is 348 g/mol. The van der Waals surface area contributed by atoms with Gasteiger partial charge in [-0.2, -0.15) is 0 Å². The lowest BCUT2D eigenvalue weighted by Gasteiger charge is -2.31. The van der Waals surface area contributed by atoms with Gasteiger partial charge in [0.2, 0.25) is 0 Å². The number of hydrogen-bond acceptors (Lipinski definition) is 3. The molecule has 0 atom stereocenters. The van der Waals surface area contributed by atoms with E-state index in [4.69, 9.17) is 4.74 Å². The third kappa shape index (κ3) is 5.19. The number of carbonyl (C=O) groups is 2. The molecule has 1 fully saturated rings. The summed E-state index contributed by atoms with van der Waals surface area (Å²) in [6.07, 6.45) is -0.257. The van der Waals surface area contributed by atoms with Crippen molar-refractivity contribution in [2.45, 2.75) is 33.6 Å². The van der Waals surface area contributed by atoms with Crippen LogP contribution >= 0.6 is 0 Å². The zero-order chi connectivity index (χ0) is 18.4. The summed E-state index contributed by atoms with van der Waals surface area (Å²) in [6, 6.07) is 6.12. The molecular formula is C19H30N3O3+. The third-order valence-electron chi connectivity index (χ3n) is 4.60. The molecule has 6 heteroatoms. The second kappa shape index (κ2) is 8.85. The Balaban J connectivity index is 1.89.